The molecule has 0 spiro atoms. The van der Waals surface area contributed by atoms with E-state index in [0.717, 1.165) is 48.3 Å². The van der Waals surface area contributed by atoms with Gasteiger partial charge in [-0.05, 0) is 48.2 Å². The molecule has 1 heterocycles. The summed E-state index contributed by atoms with van der Waals surface area (Å²) in [4.78, 5) is 30.8. The lowest BCUT2D eigenvalue weighted by molar-refractivity contribution is -0.159. The van der Waals surface area contributed by atoms with Crippen molar-refractivity contribution in [1.82, 2.24) is 9.80 Å². The molecule has 0 aromatic heterocycles. The van der Waals surface area contributed by atoms with E-state index in [0.29, 0.717) is 6.54 Å². The van der Waals surface area contributed by atoms with Crippen LogP contribution in [0.25, 0.3) is 0 Å². The fraction of sp³-hybridized carbons (Fsp3) is 0.462. The van der Waals surface area contributed by atoms with Crippen LogP contribution in [0.3, 0.4) is 0 Å². The first-order chi connectivity index (χ1) is 15.6. The summed E-state index contributed by atoms with van der Waals surface area (Å²) in [5, 5.41) is 0. The van der Waals surface area contributed by atoms with Crippen LogP contribution in [-0.2, 0) is 16.1 Å². The molecule has 1 saturated carbocycles. The quantitative estimate of drug-likeness (QED) is 0.632. The molecule has 1 aliphatic carbocycles. The third-order valence-electron chi connectivity index (χ3n) is 6.66. The number of hydrogen-bond acceptors (Lipinski definition) is 4. The molecule has 6 nitrogen and oxygen atoms in total. The van der Waals surface area contributed by atoms with Gasteiger partial charge in [0.2, 0.25) is 5.91 Å². The van der Waals surface area contributed by atoms with Crippen molar-refractivity contribution in [2.75, 3.05) is 20.8 Å². The van der Waals surface area contributed by atoms with Crippen LogP contribution in [0.4, 0.5) is 0 Å². The predicted molar refractivity (Wildman–Crippen MR) is 122 cm³/mol. The van der Waals surface area contributed by atoms with E-state index in [1.54, 1.807) is 19.1 Å². The lowest BCUT2D eigenvalue weighted by Gasteiger charge is -2.43. The van der Waals surface area contributed by atoms with Crippen LogP contribution >= 0.6 is 0 Å². The van der Waals surface area contributed by atoms with Gasteiger partial charge in [-0.15, -0.1) is 0 Å². The fourth-order valence-electron chi connectivity index (χ4n) is 4.84. The molecular weight excluding hydrogens is 404 g/mol. The van der Waals surface area contributed by atoms with Crippen molar-refractivity contribution in [3.8, 4) is 11.5 Å². The van der Waals surface area contributed by atoms with Gasteiger partial charge in [0.15, 0.2) is 0 Å². The van der Waals surface area contributed by atoms with Crippen molar-refractivity contribution >= 4 is 11.8 Å². The summed E-state index contributed by atoms with van der Waals surface area (Å²) in [6.07, 6.45) is 6.60. The van der Waals surface area contributed by atoms with Gasteiger partial charge in [0, 0.05) is 12.6 Å². The Morgan fingerprint density at radius 3 is 1.94 bits per heavy atom. The van der Waals surface area contributed by atoms with Crippen LogP contribution in [0.1, 0.15) is 55.7 Å². The Morgan fingerprint density at radius 2 is 1.38 bits per heavy atom. The van der Waals surface area contributed by atoms with E-state index < -0.39 is 6.04 Å². The Hall–Kier alpha value is -3.02. The van der Waals surface area contributed by atoms with E-state index in [1.807, 2.05) is 53.4 Å². The first kappa shape index (κ1) is 22.2. The highest BCUT2D eigenvalue weighted by Crippen LogP contribution is 2.34. The second kappa shape index (κ2) is 10.1. The minimum Gasteiger partial charge on any atom is -0.497 e. The van der Waals surface area contributed by atoms with Gasteiger partial charge >= 0.3 is 0 Å². The number of carbonyl (C=O) groups excluding carboxylic acids is 2. The first-order valence-corrected chi connectivity index (χ1v) is 11.5. The Kier molecular flexibility index (Phi) is 6.98. The second-order valence-corrected chi connectivity index (χ2v) is 8.66. The monoisotopic (exact) mass is 436 g/mol. The summed E-state index contributed by atoms with van der Waals surface area (Å²) < 4.78 is 10.5. The first-order valence-electron chi connectivity index (χ1n) is 11.5. The van der Waals surface area contributed by atoms with Crippen molar-refractivity contribution in [3.05, 3.63) is 59.7 Å². The number of rotatable bonds is 6. The molecule has 0 radical (unpaired) electrons. The molecule has 0 bridgehead atoms. The van der Waals surface area contributed by atoms with Crippen LogP contribution < -0.4 is 9.47 Å². The number of piperazine rings is 1. The normalized spacial score (nSPS) is 20.2. The van der Waals surface area contributed by atoms with Crippen LogP contribution in [0, 0.1) is 0 Å². The molecular formula is C26H32N2O4. The maximum absolute atomic E-state index is 13.8. The number of hydrogen-bond donors (Lipinski definition) is 0. The van der Waals surface area contributed by atoms with E-state index in [1.165, 1.54) is 12.8 Å². The lowest BCUT2D eigenvalue weighted by Crippen LogP contribution is -2.57. The Balaban J connectivity index is 1.65. The van der Waals surface area contributed by atoms with Crippen LogP contribution in [-0.4, -0.2) is 48.4 Å². The minimum atomic E-state index is -0.632. The molecule has 0 N–H and O–H groups in total. The summed E-state index contributed by atoms with van der Waals surface area (Å²) in [5.74, 6) is 1.51. The maximum atomic E-state index is 13.8. The van der Waals surface area contributed by atoms with Gasteiger partial charge in [0.1, 0.15) is 24.1 Å². The standard InChI is InChI=1S/C26H32N2O4/c1-31-22-13-9-19(10-14-22)17-28-24(29)18-27(21-7-5-3-4-6-8-21)26(30)25(28)20-11-15-23(32-2)16-12-20/h9-16,21,25H,3-8,17-18H2,1-2H3/t25-/m1/s1. The smallest absolute Gasteiger partial charge is 0.250 e. The highest BCUT2D eigenvalue weighted by Gasteiger charge is 2.42. The largest absolute Gasteiger partial charge is 0.497 e. The molecule has 2 aromatic carbocycles. The zero-order chi connectivity index (χ0) is 22.5. The summed E-state index contributed by atoms with van der Waals surface area (Å²) in [7, 11) is 3.25. The number of ether oxygens (including phenoxy) is 2. The van der Waals surface area contributed by atoms with Crippen molar-refractivity contribution < 1.29 is 19.1 Å². The summed E-state index contributed by atoms with van der Waals surface area (Å²) in [6, 6.07) is 14.7. The highest BCUT2D eigenvalue weighted by atomic mass is 16.5. The van der Waals surface area contributed by atoms with Gasteiger partial charge in [0.05, 0.1) is 14.2 Å². The maximum Gasteiger partial charge on any atom is 0.250 e. The van der Waals surface area contributed by atoms with Gasteiger partial charge in [-0.1, -0.05) is 49.9 Å². The molecule has 1 atom stereocenters. The van der Waals surface area contributed by atoms with Gasteiger partial charge in [-0.3, -0.25) is 9.59 Å². The Morgan fingerprint density at radius 1 is 0.812 bits per heavy atom. The molecule has 2 aromatic rings. The van der Waals surface area contributed by atoms with Crippen molar-refractivity contribution in [2.45, 2.75) is 57.2 Å². The third kappa shape index (κ3) is 4.74. The number of carbonyl (C=O) groups is 2. The average molecular weight is 437 g/mol. The van der Waals surface area contributed by atoms with Crippen LogP contribution in [0.2, 0.25) is 0 Å². The van der Waals surface area contributed by atoms with Crippen molar-refractivity contribution in [3.63, 3.8) is 0 Å². The summed E-state index contributed by atoms with van der Waals surface area (Å²) >= 11 is 0. The topological polar surface area (TPSA) is 59.1 Å². The van der Waals surface area contributed by atoms with E-state index >= 15 is 0 Å². The molecule has 4 rings (SSSR count). The molecule has 2 aliphatic rings. The van der Waals surface area contributed by atoms with Gasteiger partial charge in [-0.2, -0.15) is 0 Å². The molecule has 1 saturated heterocycles. The van der Waals surface area contributed by atoms with Crippen molar-refractivity contribution in [2.24, 2.45) is 0 Å². The molecule has 2 amide bonds. The fourth-order valence-corrected chi connectivity index (χ4v) is 4.84. The SMILES string of the molecule is COc1ccc(CN2C(=O)CN(C3CCCCCC3)C(=O)[C@H]2c2ccc(OC)cc2)cc1. The molecule has 170 valence electrons. The van der Waals surface area contributed by atoms with Gasteiger partial charge in [-0.25, -0.2) is 0 Å². The molecule has 32 heavy (non-hydrogen) atoms. The third-order valence-corrected chi connectivity index (χ3v) is 6.66. The summed E-state index contributed by atoms with van der Waals surface area (Å²) in [5.41, 5.74) is 1.78. The molecule has 0 unspecified atom stereocenters. The minimum absolute atomic E-state index is 0.00881. The van der Waals surface area contributed by atoms with Crippen LogP contribution in [0.15, 0.2) is 48.5 Å². The summed E-state index contributed by atoms with van der Waals surface area (Å²) in [6.45, 7) is 0.538. The van der Waals surface area contributed by atoms with Gasteiger partial charge in [0.25, 0.3) is 5.91 Å². The van der Waals surface area contributed by atoms with E-state index in [2.05, 4.69) is 0 Å². The predicted octanol–water partition coefficient (Wildman–Crippen LogP) is 4.34. The number of nitrogens with zero attached hydrogens (tertiary/aromatic N) is 2. The molecule has 1 aliphatic heterocycles. The van der Waals surface area contributed by atoms with E-state index in [9.17, 15) is 9.59 Å². The number of amides is 2. The van der Waals surface area contributed by atoms with Crippen LogP contribution in [0.5, 0.6) is 11.5 Å². The zero-order valence-electron chi connectivity index (χ0n) is 19.0. The average Bonchev–Trinajstić information content (AvgIpc) is 3.11. The van der Waals surface area contributed by atoms with Gasteiger partial charge < -0.3 is 19.3 Å². The molecule has 2 fully saturated rings. The Bertz CT molecular complexity index is 918. The highest BCUT2D eigenvalue weighted by molar-refractivity contribution is 5.95. The van der Waals surface area contributed by atoms with Crippen molar-refractivity contribution in [1.29, 1.82) is 0 Å². The van der Waals surface area contributed by atoms with E-state index in [-0.39, 0.29) is 24.4 Å². The second-order valence-electron chi connectivity index (χ2n) is 8.66. The van der Waals surface area contributed by atoms with E-state index in [4.69, 9.17) is 9.47 Å². The number of benzene rings is 2. The number of methoxy groups -OCH3 is 2. The molecule has 6 heteroatoms. The Labute approximate surface area is 190 Å². The lowest BCUT2D eigenvalue weighted by atomic mass is 9.97. The zero-order valence-corrected chi connectivity index (χ0v) is 19.0.